The molecule has 0 fully saturated rings. The highest BCUT2D eigenvalue weighted by Crippen LogP contribution is 2.28. The molecule has 7 heteroatoms. The zero-order valence-electron chi connectivity index (χ0n) is 9.28. The molecule has 0 amide bonds. The number of hydrogen-bond donors (Lipinski definition) is 0. The summed E-state index contributed by atoms with van der Waals surface area (Å²) in [6.45, 7) is 10.2. The van der Waals surface area contributed by atoms with Gasteiger partial charge in [-0.2, -0.15) is 23.5 Å². The average molecular weight is 254 g/mol. The molecule has 1 aromatic rings. The van der Waals surface area contributed by atoms with Gasteiger partial charge >= 0.3 is 11.7 Å². The highest BCUT2D eigenvalue weighted by Gasteiger charge is 2.38. The van der Waals surface area contributed by atoms with E-state index >= 15 is 0 Å². The molecule has 18 heavy (non-hydrogen) atoms. The largest absolute Gasteiger partial charge is 0.435 e. The average Bonchev–Trinajstić information content (AvgIpc) is 2.76. The van der Waals surface area contributed by atoms with Crippen molar-refractivity contribution in [2.75, 3.05) is 0 Å². The molecule has 0 bridgehead atoms. The topological polar surface area (TPSA) is 46.0 Å². The number of halogens is 3. The van der Waals surface area contributed by atoms with Gasteiger partial charge in [0.25, 0.3) is 0 Å². The lowest BCUT2D eigenvalue weighted by Gasteiger charge is -2.12. The molecule has 0 aliphatic heterocycles. The highest BCUT2D eigenvalue weighted by molar-refractivity contribution is 5.18. The number of alkyl halides is 3. The molecule has 0 saturated carbocycles. The van der Waals surface area contributed by atoms with E-state index in [9.17, 15) is 13.2 Å². The highest BCUT2D eigenvalue weighted by atomic mass is 19.4. The van der Waals surface area contributed by atoms with Gasteiger partial charge in [0, 0.05) is 6.20 Å². The van der Waals surface area contributed by atoms with Gasteiger partial charge < -0.3 is 0 Å². The predicted molar refractivity (Wildman–Crippen MR) is 57.0 cm³/mol. The Hall–Kier alpha value is -2.28. The number of nitriles is 1. The summed E-state index contributed by atoms with van der Waals surface area (Å²) in [6, 6.07) is 2.60. The first-order valence-electron chi connectivity index (χ1n) is 4.88. The molecule has 0 aliphatic rings. The van der Waals surface area contributed by atoms with Gasteiger partial charge in [-0.1, -0.05) is 6.08 Å². The minimum atomic E-state index is -4.53. The third kappa shape index (κ3) is 2.89. The van der Waals surface area contributed by atoms with Crippen molar-refractivity contribution in [3.63, 3.8) is 0 Å². The zero-order valence-corrected chi connectivity index (χ0v) is 9.28. The van der Waals surface area contributed by atoms with Gasteiger partial charge in [-0.15, -0.1) is 6.58 Å². The third-order valence-electron chi connectivity index (χ3n) is 2.26. The second kappa shape index (κ2) is 4.92. The minimum Gasteiger partial charge on any atom is -0.292 e. The van der Waals surface area contributed by atoms with E-state index in [1.807, 2.05) is 0 Å². The van der Waals surface area contributed by atoms with Crippen LogP contribution in [0, 0.1) is 17.9 Å². The SMILES string of the molecule is [C-]#[N+]C(C#N)(CC=C)Cn1ccc(C(F)(F)F)n1. The molecule has 0 radical (unpaired) electrons. The smallest absolute Gasteiger partial charge is 0.292 e. The predicted octanol–water partition coefficient (Wildman–Crippen LogP) is 2.66. The minimum absolute atomic E-state index is 0.0637. The summed E-state index contributed by atoms with van der Waals surface area (Å²) >= 11 is 0. The van der Waals surface area contributed by atoms with Crippen molar-refractivity contribution < 1.29 is 13.2 Å². The fourth-order valence-corrected chi connectivity index (χ4v) is 1.36. The number of rotatable bonds is 4. The standard InChI is InChI=1S/C11H9F3N4/c1-3-5-10(7-15,16-2)8-18-6-4-9(17-18)11(12,13)14/h3-4,6H,1,5,8H2. The first kappa shape index (κ1) is 13.8. The maximum Gasteiger partial charge on any atom is 0.435 e. The van der Waals surface area contributed by atoms with Crippen LogP contribution in [0.15, 0.2) is 24.9 Å². The molecule has 1 atom stereocenters. The lowest BCUT2D eigenvalue weighted by Crippen LogP contribution is -2.28. The van der Waals surface area contributed by atoms with Crippen LogP contribution < -0.4 is 0 Å². The summed E-state index contributed by atoms with van der Waals surface area (Å²) in [7, 11) is 0. The van der Waals surface area contributed by atoms with E-state index in [0.29, 0.717) is 0 Å². The summed E-state index contributed by atoms with van der Waals surface area (Å²) < 4.78 is 37.9. The number of nitrogens with zero attached hydrogens (tertiary/aromatic N) is 4. The van der Waals surface area contributed by atoms with Crippen molar-refractivity contribution in [1.29, 1.82) is 5.26 Å². The van der Waals surface area contributed by atoms with Crippen molar-refractivity contribution in [3.8, 4) is 6.07 Å². The summed E-state index contributed by atoms with van der Waals surface area (Å²) in [5, 5.41) is 12.3. The summed E-state index contributed by atoms with van der Waals surface area (Å²) in [5.41, 5.74) is -2.51. The Kier molecular flexibility index (Phi) is 3.77. The Morgan fingerprint density at radius 1 is 1.61 bits per heavy atom. The van der Waals surface area contributed by atoms with Gasteiger partial charge in [-0.05, 0) is 6.07 Å². The Morgan fingerprint density at radius 2 is 2.28 bits per heavy atom. The fraction of sp³-hybridized carbons (Fsp3) is 0.364. The Labute approximate surface area is 102 Å². The second-order valence-electron chi connectivity index (χ2n) is 3.64. The van der Waals surface area contributed by atoms with Crippen molar-refractivity contribution in [1.82, 2.24) is 9.78 Å². The van der Waals surface area contributed by atoms with Crippen LogP contribution in [0.25, 0.3) is 4.85 Å². The van der Waals surface area contributed by atoms with Gasteiger partial charge in [-0.3, -0.25) is 9.53 Å². The van der Waals surface area contributed by atoms with Crippen molar-refractivity contribution >= 4 is 0 Å². The molecule has 0 saturated heterocycles. The zero-order chi connectivity index (χ0) is 13.8. The fourth-order valence-electron chi connectivity index (χ4n) is 1.36. The second-order valence-corrected chi connectivity index (χ2v) is 3.64. The van der Waals surface area contributed by atoms with Crippen LogP contribution >= 0.6 is 0 Å². The van der Waals surface area contributed by atoms with Crippen LogP contribution in [0.1, 0.15) is 12.1 Å². The maximum atomic E-state index is 12.3. The first-order chi connectivity index (χ1) is 8.37. The van der Waals surface area contributed by atoms with Crippen molar-refractivity contribution in [3.05, 3.63) is 42.0 Å². The van der Waals surface area contributed by atoms with Gasteiger partial charge in [-0.25, -0.2) is 6.57 Å². The van der Waals surface area contributed by atoms with E-state index in [-0.39, 0.29) is 13.0 Å². The van der Waals surface area contributed by atoms with E-state index < -0.39 is 17.4 Å². The van der Waals surface area contributed by atoms with Crippen molar-refractivity contribution in [2.24, 2.45) is 0 Å². The molecule has 4 nitrogen and oxygen atoms in total. The number of aromatic nitrogens is 2. The van der Waals surface area contributed by atoms with E-state index in [0.717, 1.165) is 16.9 Å². The van der Waals surface area contributed by atoms with Crippen LogP contribution in [0.4, 0.5) is 13.2 Å². The molecule has 94 valence electrons. The third-order valence-corrected chi connectivity index (χ3v) is 2.26. The van der Waals surface area contributed by atoms with Gasteiger partial charge in [0.2, 0.25) is 0 Å². The lowest BCUT2D eigenvalue weighted by atomic mass is 9.98. The van der Waals surface area contributed by atoms with E-state index in [4.69, 9.17) is 11.8 Å². The van der Waals surface area contributed by atoms with Crippen LogP contribution in [-0.4, -0.2) is 15.3 Å². The molecule has 1 aromatic heterocycles. The van der Waals surface area contributed by atoms with Gasteiger partial charge in [0.05, 0.1) is 6.42 Å². The molecular formula is C11H9F3N4. The molecule has 1 rings (SSSR count). The molecule has 0 aromatic carbocycles. The Bertz CT molecular complexity index is 502. The van der Waals surface area contributed by atoms with Crippen LogP contribution in [0.5, 0.6) is 0 Å². The number of hydrogen-bond acceptors (Lipinski definition) is 2. The molecule has 0 N–H and O–H groups in total. The van der Waals surface area contributed by atoms with Crippen molar-refractivity contribution in [2.45, 2.75) is 24.7 Å². The van der Waals surface area contributed by atoms with Crippen LogP contribution in [-0.2, 0) is 12.7 Å². The monoisotopic (exact) mass is 254 g/mol. The molecule has 1 heterocycles. The summed E-state index contributed by atoms with van der Waals surface area (Å²) in [6.07, 6.45) is -1.98. The quantitative estimate of drug-likeness (QED) is 0.612. The summed E-state index contributed by atoms with van der Waals surface area (Å²) in [4.78, 5) is 3.17. The van der Waals surface area contributed by atoms with Crippen LogP contribution in [0.3, 0.4) is 0 Å². The maximum absolute atomic E-state index is 12.3. The lowest BCUT2D eigenvalue weighted by molar-refractivity contribution is -0.141. The molecular weight excluding hydrogens is 245 g/mol. The molecule has 0 aliphatic carbocycles. The van der Waals surface area contributed by atoms with Gasteiger partial charge in [0.15, 0.2) is 11.8 Å². The van der Waals surface area contributed by atoms with E-state index in [1.54, 1.807) is 6.07 Å². The normalized spacial score (nSPS) is 14.3. The molecule has 1 unspecified atom stereocenters. The Morgan fingerprint density at radius 3 is 2.67 bits per heavy atom. The van der Waals surface area contributed by atoms with E-state index in [2.05, 4.69) is 16.5 Å². The Balaban J connectivity index is 2.97. The summed E-state index contributed by atoms with van der Waals surface area (Å²) in [5.74, 6) is 0. The van der Waals surface area contributed by atoms with Crippen LogP contribution in [0.2, 0.25) is 0 Å². The van der Waals surface area contributed by atoms with E-state index in [1.165, 1.54) is 6.08 Å². The first-order valence-corrected chi connectivity index (χ1v) is 4.88. The van der Waals surface area contributed by atoms with Gasteiger partial charge in [0.1, 0.15) is 6.54 Å². The molecule has 0 spiro atoms.